The Morgan fingerprint density at radius 1 is 1.13 bits per heavy atom. The molecule has 4 heterocycles. The second-order valence-electron chi connectivity index (χ2n) is 12.1. The molecule has 3 aromatic carbocycles. The van der Waals surface area contributed by atoms with E-state index in [2.05, 4.69) is 26.4 Å². The first kappa shape index (κ1) is 30.7. The summed E-state index contributed by atoms with van der Waals surface area (Å²) >= 11 is 10.8. The van der Waals surface area contributed by atoms with Crippen molar-refractivity contribution < 1.29 is 23.4 Å². The second-order valence-corrected chi connectivity index (χ2v) is 12.9. The van der Waals surface area contributed by atoms with Crippen LogP contribution in [0.5, 0.6) is 11.5 Å². The van der Waals surface area contributed by atoms with E-state index in [1.54, 1.807) is 31.2 Å². The number of likely N-dealkylation sites (tertiary alicyclic amines) is 1. The average Bonchev–Trinajstić information content (AvgIpc) is 3.54. The highest BCUT2D eigenvalue weighted by Gasteiger charge is 2.43. The molecule has 46 heavy (non-hydrogen) atoms. The summed E-state index contributed by atoms with van der Waals surface area (Å²) in [5, 5.41) is 0.299. The standard InChI is InChI=1S/C33H34ClFN6O4S/c1-33(24-7-6-21(34)16-25(24)35)44-28-4-2-3-23(30(28)45-33)19-9-12-40(13-10-19)18-29-37-26-15-20(31(42)38-39-32(36)46)5-8-27(26)41(29)17-22-11-14-43-22/h2-8,15-16,19,22H,9-14,17-18H2,1H3,(H,38,42)(H3,36,39,46). The number of fused-ring (bicyclic) bond motifs is 2. The fraction of sp³-hybridized carbons (Fsp3) is 0.364. The van der Waals surface area contributed by atoms with Gasteiger partial charge in [-0.3, -0.25) is 20.5 Å². The zero-order valence-corrected chi connectivity index (χ0v) is 26.8. The number of thiocarbonyl (C=S) groups is 1. The Morgan fingerprint density at radius 2 is 1.93 bits per heavy atom. The number of carbonyl (C=O) groups excluding carboxylic acids is 1. The molecule has 2 fully saturated rings. The summed E-state index contributed by atoms with van der Waals surface area (Å²) in [7, 11) is 0. The summed E-state index contributed by atoms with van der Waals surface area (Å²) in [4.78, 5) is 20.0. The summed E-state index contributed by atoms with van der Waals surface area (Å²) in [5.41, 5.74) is 13.9. The van der Waals surface area contributed by atoms with E-state index in [9.17, 15) is 9.18 Å². The Morgan fingerprint density at radius 3 is 2.65 bits per heavy atom. The van der Waals surface area contributed by atoms with Crippen molar-refractivity contribution in [3.05, 3.63) is 88.0 Å². The predicted molar refractivity (Wildman–Crippen MR) is 175 cm³/mol. The van der Waals surface area contributed by atoms with Crippen molar-refractivity contribution in [1.82, 2.24) is 25.3 Å². The SMILES string of the molecule is CC1(c2ccc(Cl)cc2F)Oc2cccc(C3CCN(Cc4nc5cc(C(=O)NNC(N)=S)ccc5n4CC4CCO4)CC3)c2O1. The van der Waals surface area contributed by atoms with Gasteiger partial charge in [0.15, 0.2) is 16.6 Å². The van der Waals surface area contributed by atoms with Crippen molar-refractivity contribution in [2.45, 2.75) is 57.1 Å². The minimum Gasteiger partial charge on any atom is -0.444 e. The van der Waals surface area contributed by atoms with Gasteiger partial charge >= 0.3 is 0 Å². The maximum atomic E-state index is 14.9. The maximum absolute atomic E-state index is 14.9. The molecule has 0 aliphatic carbocycles. The third-order valence-corrected chi connectivity index (χ3v) is 9.33. The first-order chi connectivity index (χ1) is 22.2. The molecule has 1 aromatic heterocycles. The van der Waals surface area contributed by atoms with Gasteiger partial charge in [0.05, 0.1) is 35.8 Å². The lowest BCUT2D eigenvalue weighted by atomic mass is 9.88. The maximum Gasteiger partial charge on any atom is 0.278 e. The Labute approximate surface area is 275 Å². The average molecular weight is 665 g/mol. The smallest absolute Gasteiger partial charge is 0.278 e. The number of benzene rings is 3. The zero-order chi connectivity index (χ0) is 32.0. The third-order valence-electron chi connectivity index (χ3n) is 8.99. The highest BCUT2D eigenvalue weighted by Crippen LogP contribution is 2.50. The number of hydrogen-bond donors (Lipinski definition) is 3. The van der Waals surface area contributed by atoms with Crippen LogP contribution in [0.25, 0.3) is 11.0 Å². The molecule has 4 aromatic rings. The molecule has 0 saturated carbocycles. The Hall–Kier alpha value is -3.97. The van der Waals surface area contributed by atoms with Crippen LogP contribution in [0.2, 0.25) is 5.02 Å². The van der Waals surface area contributed by atoms with Gasteiger partial charge < -0.3 is 24.5 Å². The van der Waals surface area contributed by atoms with E-state index < -0.39 is 11.6 Å². The van der Waals surface area contributed by atoms with Crippen molar-refractivity contribution in [3.63, 3.8) is 0 Å². The third kappa shape index (κ3) is 5.97. The summed E-state index contributed by atoms with van der Waals surface area (Å²) in [5.74, 6) is 0.356. The van der Waals surface area contributed by atoms with Crippen LogP contribution in [0.15, 0.2) is 54.6 Å². The first-order valence-corrected chi connectivity index (χ1v) is 16.1. The van der Waals surface area contributed by atoms with E-state index in [-0.39, 0.29) is 23.0 Å². The van der Waals surface area contributed by atoms with Crippen molar-refractivity contribution >= 4 is 45.9 Å². The molecule has 13 heteroatoms. The number of ether oxygens (including phenoxy) is 3. The molecule has 10 nitrogen and oxygen atoms in total. The van der Waals surface area contributed by atoms with E-state index in [1.807, 2.05) is 18.2 Å². The molecule has 2 saturated heterocycles. The van der Waals surface area contributed by atoms with E-state index in [1.165, 1.54) is 6.07 Å². The molecule has 0 spiro atoms. The molecule has 2 unspecified atom stereocenters. The van der Waals surface area contributed by atoms with E-state index >= 15 is 0 Å². The van der Waals surface area contributed by atoms with Crippen molar-refractivity contribution in [1.29, 1.82) is 0 Å². The van der Waals surface area contributed by atoms with Crippen LogP contribution in [0.3, 0.4) is 0 Å². The molecule has 3 aliphatic heterocycles. The topological polar surface area (TPSA) is 116 Å². The number of nitrogens with zero attached hydrogens (tertiary/aromatic N) is 3. The molecule has 7 rings (SSSR count). The van der Waals surface area contributed by atoms with Crippen LogP contribution < -0.4 is 26.1 Å². The number of aromatic nitrogens is 2. The Kier molecular flexibility index (Phi) is 8.22. The monoisotopic (exact) mass is 664 g/mol. The first-order valence-electron chi connectivity index (χ1n) is 15.3. The molecule has 3 aliphatic rings. The van der Waals surface area contributed by atoms with E-state index in [0.29, 0.717) is 40.7 Å². The second kappa shape index (κ2) is 12.3. The van der Waals surface area contributed by atoms with Gasteiger partial charge in [0.1, 0.15) is 11.6 Å². The Bertz CT molecular complexity index is 1830. The van der Waals surface area contributed by atoms with Crippen molar-refractivity contribution in [2.75, 3.05) is 19.7 Å². The summed E-state index contributed by atoms with van der Waals surface area (Å²) in [6, 6.07) is 15.9. The summed E-state index contributed by atoms with van der Waals surface area (Å²) in [6.07, 6.45) is 2.98. The van der Waals surface area contributed by atoms with Gasteiger partial charge in [0, 0.05) is 29.7 Å². The van der Waals surface area contributed by atoms with Crippen LogP contribution in [0, 0.1) is 5.82 Å². The van der Waals surface area contributed by atoms with Crippen molar-refractivity contribution in [2.24, 2.45) is 5.73 Å². The lowest BCUT2D eigenvalue weighted by Crippen LogP contribution is -2.44. The number of amides is 1. The van der Waals surface area contributed by atoms with Crippen LogP contribution in [-0.2, 0) is 23.6 Å². The largest absolute Gasteiger partial charge is 0.444 e. The quantitative estimate of drug-likeness (QED) is 0.183. The number of hydrogen-bond acceptors (Lipinski definition) is 7. The van der Waals surface area contributed by atoms with Gasteiger partial charge in [-0.2, -0.15) is 0 Å². The molecular weight excluding hydrogens is 631 g/mol. The lowest BCUT2D eigenvalue weighted by Gasteiger charge is -2.33. The van der Waals surface area contributed by atoms with Gasteiger partial charge in [0.25, 0.3) is 11.7 Å². The number of para-hydroxylation sites is 1. The number of rotatable bonds is 7. The lowest BCUT2D eigenvalue weighted by molar-refractivity contribution is -0.0712. The molecule has 4 N–H and O–H groups in total. The van der Waals surface area contributed by atoms with Gasteiger partial charge in [-0.1, -0.05) is 23.7 Å². The van der Waals surface area contributed by atoms with Crippen LogP contribution in [0.4, 0.5) is 4.39 Å². The van der Waals surface area contributed by atoms with Crippen LogP contribution in [0.1, 0.15) is 59.4 Å². The number of nitrogens with two attached hydrogens (primary N) is 1. The molecule has 240 valence electrons. The van der Waals surface area contributed by atoms with Gasteiger partial charge in [-0.05, 0) is 93.0 Å². The van der Waals surface area contributed by atoms with Crippen LogP contribution >= 0.6 is 23.8 Å². The highest BCUT2D eigenvalue weighted by molar-refractivity contribution is 7.80. The summed E-state index contributed by atoms with van der Waals surface area (Å²) < 4.78 is 35.4. The minimum atomic E-state index is -1.29. The number of imidazole rings is 1. The number of hydrazine groups is 1. The highest BCUT2D eigenvalue weighted by atomic mass is 35.5. The van der Waals surface area contributed by atoms with Crippen molar-refractivity contribution in [3.8, 4) is 11.5 Å². The molecule has 1 amide bonds. The van der Waals surface area contributed by atoms with Gasteiger partial charge in [-0.25, -0.2) is 9.37 Å². The van der Waals surface area contributed by atoms with Crippen LogP contribution in [-0.4, -0.2) is 51.3 Å². The number of nitrogens with one attached hydrogen (secondary N) is 2. The fourth-order valence-corrected chi connectivity index (χ4v) is 6.72. The number of halogens is 2. The number of piperidine rings is 1. The normalized spacial score (nSPS) is 21.2. The molecule has 0 radical (unpaired) electrons. The predicted octanol–water partition coefficient (Wildman–Crippen LogP) is 5.12. The Balaban J connectivity index is 1.06. The zero-order valence-electron chi connectivity index (χ0n) is 25.2. The molecule has 2 atom stereocenters. The minimum absolute atomic E-state index is 0.0189. The fourth-order valence-electron chi connectivity index (χ4n) is 6.51. The molecular formula is C33H34ClFN6O4S. The van der Waals surface area contributed by atoms with E-state index in [4.69, 9.17) is 48.7 Å². The van der Waals surface area contributed by atoms with Gasteiger partial charge in [0.2, 0.25) is 0 Å². The van der Waals surface area contributed by atoms with Gasteiger partial charge in [-0.15, -0.1) is 0 Å². The van der Waals surface area contributed by atoms with E-state index in [0.717, 1.165) is 61.4 Å². The molecule has 0 bridgehead atoms. The number of carbonyl (C=O) groups is 1. The summed E-state index contributed by atoms with van der Waals surface area (Å²) in [6.45, 7) is 5.59.